The molecule has 166 valence electrons. The lowest BCUT2D eigenvalue weighted by atomic mass is 9.73. The van der Waals surface area contributed by atoms with Crippen LogP contribution >= 0.6 is 11.6 Å². The van der Waals surface area contributed by atoms with Crippen molar-refractivity contribution < 1.29 is 29.7 Å². The average molecular weight is 448 g/mol. The predicted molar refractivity (Wildman–Crippen MR) is 116 cm³/mol. The molecule has 8 heteroatoms. The van der Waals surface area contributed by atoms with Crippen LogP contribution in [0.2, 0.25) is 5.02 Å². The fourth-order valence-electron chi connectivity index (χ4n) is 3.87. The Labute approximate surface area is 185 Å². The van der Waals surface area contributed by atoms with E-state index in [4.69, 9.17) is 21.5 Å². The lowest BCUT2D eigenvalue weighted by Gasteiger charge is -2.43. The van der Waals surface area contributed by atoms with Crippen molar-refractivity contribution in [3.63, 3.8) is 0 Å². The van der Waals surface area contributed by atoms with Gasteiger partial charge in [-0.1, -0.05) is 54.1 Å². The Balaban J connectivity index is 0.00000107. The minimum absolute atomic E-state index is 0.0255. The molecule has 3 N–H and O–H groups in total. The van der Waals surface area contributed by atoms with Crippen molar-refractivity contribution in [2.75, 3.05) is 13.1 Å². The second-order valence-electron chi connectivity index (χ2n) is 7.42. The number of likely N-dealkylation sites (tertiary alicyclic amines) is 1. The lowest BCUT2D eigenvalue weighted by Crippen LogP contribution is -2.57. The van der Waals surface area contributed by atoms with Crippen LogP contribution in [0.1, 0.15) is 35.2 Å². The number of aliphatic carboxylic acids is 1. The van der Waals surface area contributed by atoms with Crippen LogP contribution in [0.15, 0.2) is 54.6 Å². The molecule has 0 radical (unpaired) electrons. The van der Waals surface area contributed by atoms with Gasteiger partial charge in [-0.15, -0.1) is 0 Å². The first-order valence-electron chi connectivity index (χ1n) is 9.92. The minimum atomic E-state index is -1.37. The quantitative estimate of drug-likeness (QED) is 0.585. The normalized spacial score (nSPS) is 20.3. The molecular formula is C23H26ClNO6. The molecule has 7 nitrogen and oxygen atoms in total. The van der Waals surface area contributed by atoms with Crippen LogP contribution in [0.25, 0.3) is 0 Å². The summed E-state index contributed by atoms with van der Waals surface area (Å²) in [6, 6.07) is 16.6. The number of benzene rings is 2. The summed E-state index contributed by atoms with van der Waals surface area (Å²) in [7, 11) is 0. The Morgan fingerprint density at radius 2 is 1.74 bits per heavy atom. The molecule has 3 rings (SSSR count). The van der Waals surface area contributed by atoms with Crippen molar-refractivity contribution in [1.29, 1.82) is 0 Å². The third-order valence-corrected chi connectivity index (χ3v) is 5.86. The molecule has 1 heterocycles. The van der Waals surface area contributed by atoms with Crippen molar-refractivity contribution in [1.82, 2.24) is 4.90 Å². The van der Waals surface area contributed by atoms with Crippen molar-refractivity contribution in [2.45, 2.75) is 31.8 Å². The van der Waals surface area contributed by atoms with E-state index in [9.17, 15) is 19.8 Å². The van der Waals surface area contributed by atoms with E-state index in [0.29, 0.717) is 30.0 Å². The molecule has 2 aromatic carbocycles. The van der Waals surface area contributed by atoms with Crippen LogP contribution in [-0.2, 0) is 16.0 Å². The van der Waals surface area contributed by atoms with Gasteiger partial charge in [0.15, 0.2) is 0 Å². The van der Waals surface area contributed by atoms with Gasteiger partial charge >= 0.3 is 5.97 Å². The number of hydrogen-bond acceptors (Lipinski definition) is 4. The number of nitrogens with zero attached hydrogens (tertiary/aromatic N) is 1. The number of halogens is 1. The second kappa shape index (κ2) is 11.5. The van der Waals surface area contributed by atoms with Crippen molar-refractivity contribution in [2.24, 2.45) is 5.41 Å². The third-order valence-electron chi connectivity index (χ3n) is 5.53. The summed E-state index contributed by atoms with van der Waals surface area (Å²) < 4.78 is 0. The molecule has 0 spiro atoms. The zero-order valence-electron chi connectivity index (χ0n) is 17.0. The highest BCUT2D eigenvalue weighted by atomic mass is 35.5. The molecule has 1 aliphatic rings. The van der Waals surface area contributed by atoms with E-state index in [1.807, 2.05) is 30.3 Å². The topological polar surface area (TPSA) is 115 Å². The zero-order valence-corrected chi connectivity index (χ0v) is 17.7. The summed E-state index contributed by atoms with van der Waals surface area (Å²) in [4.78, 5) is 34.9. The molecule has 0 aliphatic carbocycles. The Bertz CT molecular complexity index is 891. The molecule has 1 fully saturated rings. The molecule has 31 heavy (non-hydrogen) atoms. The van der Waals surface area contributed by atoms with E-state index in [2.05, 4.69) is 0 Å². The Hall–Kier alpha value is -2.90. The van der Waals surface area contributed by atoms with Crippen molar-refractivity contribution in [3.05, 3.63) is 70.7 Å². The number of carboxylic acid groups (broad SMARTS) is 2. The number of carbonyl (C=O) groups is 3. The first-order valence-corrected chi connectivity index (χ1v) is 10.3. The fourth-order valence-corrected chi connectivity index (χ4v) is 4.09. The van der Waals surface area contributed by atoms with Gasteiger partial charge in [0, 0.05) is 13.1 Å². The summed E-state index contributed by atoms with van der Waals surface area (Å²) in [6.45, 7) is 0.0291. The summed E-state index contributed by atoms with van der Waals surface area (Å²) in [5.74, 6) is -1.36. The highest BCUT2D eigenvalue weighted by molar-refractivity contribution is 6.33. The maximum Gasteiger partial charge on any atom is 0.314 e. The van der Waals surface area contributed by atoms with Crippen LogP contribution in [0.5, 0.6) is 0 Å². The van der Waals surface area contributed by atoms with E-state index in [0.717, 1.165) is 12.0 Å². The number of carbonyl (C=O) groups excluding carboxylic acids is 1. The predicted octanol–water partition coefficient (Wildman–Crippen LogP) is 3.34. The first-order chi connectivity index (χ1) is 14.9. The number of hydrogen-bond donors (Lipinski definition) is 3. The van der Waals surface area contributed by atoms with Crippen LogP contribution in [0, 0.1) is 5.41 Å². The molecule has 0 bridgehead atoms. The van der Waals surface area contributed by atoms with E-state index < -0.39 is 17.5 Å². The molecule has 2 aromatic rings. The van der Waals surface area contributed by atoms with Crippen LogP contribution in [0.4, 0.5) is 0 Å². The molecule has 1 amide bonds. The van der Waals surface area contributed by atoms with E-state index in [-0.39, 0.29) is 25.3 Å². The Kier molecular flexibility index (Phi) is 9.03. The van der Waals surface area contributed by atoms with E-state index in [1.165, 1.54) is 4.90 Å². The summed E-state index contributed by atoms with van der Waals surface area (Å²) in [5, 5.41) is 27.7. The summed E-state index contributed by atoms with van der Waals surface area (Å²) in [6.07, 6.45) is 0.872. The van der Waals surface area contributed by atoms with Gasteiger partial charge in [0.2, 0.25) is 0 Å². The average Bonchev–Trinajstić information content (AvgIpc) is 2.76. The number of aliphatic hydroxyl groups is 1. The zero-order chi connectivity index (χ0) is 22.9. The molecule has 0 saturated carbocycles. The second-order valence-corrected chi connectivity index (χ2v) is 7.82. The number of piperidine rings is 1. The maximum atomic E-state index is 12.9. The number of amides is 1. The molecule has 0 aromatic heterocycles. The van der Waals surface area contributed by atoms with Crippen molar-refractivity contribution >= 4 is 29.9 Å². The van der Waals surface area contributed by atoms with Gasteiger partial charge in [-0.3, -0.25) is 14.4 Å². The van der Waals surface area contributed by atoms with Gasteiger partial charge in [-0.05, 0) is 43.4 Å². The van der Waals surface area contributed by atoms with E-state index in [1.54, 1.807) is 24.3 Å². The summed E-state index contributed by atoms with van der Waals surface area (Å²) >= 11 is 6.14. The molecular weight excluding hydrogens is 422 g/mol. The van der Waals surface area contributed by atoms with Crippen LogP contribution < -0.4 is 0 Å². The Morgan fingerprint density at radius 3 is 2.35 bits per heavy atom. The monoisotopic (exact) mass is 447 g/mol. The number of carboxylic acids is 1. The standard InChI is InChI=1S/C22H24ClNO4.CH2O2/c23-18-11-5-4-10-17(18)20(26)24-14-12-19(25)22(15-24,21(27)28)13-6-9-16-7-2-1-3-8-16;2-1-3/h1-5,7-8,10-11,19,25H,6,9,12-15H2,(H,27,28);1H,(H,2,3)/t19-,22-;/m1./s1. The van der Waals surface area contributed by atoms with Gasteiger partial charge < -0.3 is 20.2 Å². The number of aryl methyl sites for hydroxylation is 1. The maximum absolute atomic E-state index is 12.9. The highest BCUT2D eigenvalue weighted by Gasteiger charge is 2.49. The SMILES string of the molecule is O=C(c1ccccc1Cl)N1CC[C@@H](O)[C@](CCCc2ccccc2)(C(=O)O)C1.O=CO. The Morgan fingerprint density at radius 1 is 1.13 bits per heavy atom. The van der Waals surface area contributed by atoms with Gasteiger partial charge in [0.05, 0.1) is 16.7 Å². The fraction of sp³-hybridized carbons (Fsp3) is 0.348. The minimum Gasteiger partial charge on any atom is -0.483 e. The number of aliphatic hydroxyl groups excluding tert-OH is 1. The third kappa shape index (κ3) is 6.06. The summed E-state index contributed by atoms with van der Waals surface area (Å²) in [5.41, 5.74) is 0.102. The highest BCUT2D eigenvalue weighted by Crippen LogP contribution is 2.37. The molecule has 0 unspecified atom stereocenters. The largest absolute Gasteiger partial charge is 0.483 e. The van der Waals surface area contributed by atoms with Crippen LogP contribution in [0.3, 0.4) is 0 Å². The van der Waals surface area contributed by atoms with Crippen molar-refractivity contribution in [3.8, 4) is 0 Å². The van der Waals surface area contributed by atoms with Gasteiger partial charge in [0.25, 0.3) is 12.4 Å². The van der Waals surface area contributed by atoms with E-state index >= 15 is 0 Å². The van der Waals surface area contributed by atoms with Gasteiger partial charge in [-0.2, -0.15) is 0 Å². The number of rotatable bonds is 6. The first kappa shape index (κ1) is 24.4. The van der Waals surface area contributed by atoms with Gasteiger partial charge in [0.1, 0.15) is 5.41 Å². The smallest absolute Gasteiger partial charge is 0.314 e. The molecule has 1 saturated heterocycles. The van der Waals surface area contributed by atoms with Crippen LogP contribution in [-0.4, -0.2) is 57.8 Å². The lowest BCUT2D eigenvalue weighted by molar-refractivity contribution is -0.162. The molecule has 1 aliphatic heterocycles. The van der Waals surface area contributed by atoms with Gasteiger partial charge in [-0.25, -0.2) is 0 Å². The molecule has 2 atom stereocenters.